The number of carbonyl (C=O) groups excluding carboxylic acids is 2. The molecule has 3 N–H and O–H groups in total. The van der Waals surface area contributed by atoms with Crippen molar-refractivity contribution in [2.24, 2.45) is 0 Å². The summed E-state index contributed by atoms with van der Waals surface area (Å²) in [6, 6.07) is 15.1. The van der Waals surface area contributed by atoms with Crippen LogP contribution in [0.25, 0.3) is 22.4 Å². The second-order valence-corrected chi connectivity index (χ2v) is 6.24. The molecule has 2 heterocycles. The zero-order valence-corrected chi connectivity index (χ0v) is 14.2. The lowest BCUT2D eigenvalue weighted by molar-refractivity contribution is -0.116. The summed E-state index contributed by atoms with van der Waals surface area (Å²) in [4.78, 5) is 33.4. The van der Waals surface area contributed by atoms with Crippen LogP contribution in [0.4, 0.5) is 10.5 Å². The van der Waals surface area contributed by atoms with Crippen molar-refractivity contribution in [2.75, 3.05) is 25.0 Å². The minimum Gasteiger partial charge on any atom is -0.338 e. The molecule has 132 valence electrons. The van der Waals surface area contributed by atoms with Gasteiger partial charge in [-0.3, -0.25) is 4.79 Å². The average molecular weight is 349 g/mol. The Morgan fingerprint density at radius 3 is 2.92 bits per heavy atom. The molecular formula is C19H19N5O2. The largest absolute Gasteiger partial charge is 0.338 e. The van der Waals surface area contributed by atoms with Gasteiger partial charge in [0.15, 0.2) is 0 Å². The summed E-state index contributed by atoms with van der Waals surface area (Å²) in [5.41, 5.74) is 3.42. The van der Waals surface area contributed by atoms with Crippen LogP contribution in [0.3, 0.4) is 0 Å². The van der Waals surface area contributed by atoms with Crippen LogP contribution in [0.1, 0.15) is 6.42 Å². The highest BCUT2D eigenvalue weighted by Gasteiger charge is 2.20. The van der Waals surface area contributed by atoms with Crippen molar-refractivity contribution in [2.45, 2.75) is 6.42 Å². The van der Waals surface area contributed by atoms with Crippen LogP contribution in [0.2, 0.25) is 0 Å². The maximum Gasteiger partial charge on any atom is 0.317 e. The number of anilines is 1. The van der Waals surface area contributed by atoms with E-state index in [1.165, 1.54) is 4.90 Å². The number of nitrogens with one attached hydrogen (secondary N) is 3. The SMILES string of the molecule is O=C(CN1CCCNC1=O)Nc1cccc(-c2nc3ccccc3[nH]2)c1. The normalized spacial score (nSPS) is 14.3. The van der Waals surface area contributed by atoms with Crippen molar-refractivity contribution in [3.8, 4) is 11.4 Å². The molecule has 0 saturated carbocycles. The van der Waals surface area contributed by atoms with Gasteiger partial charge < -0.3 is 20.5 Å². The number of benzene rings is 2. The molecule has 7 nitrogen and oxygen atoms in total. The quantitative estimate of drug-likeness (QED) is 0.676. The Kier molecular flexibility index (Phi) is 4.27. The monoisotopic (exact) mass is 349 g/mol. The van der Waals surface area contributed by atoms with E-state index in [4.69, 9.17) is 0 Å². The molecule has 1 aliphatic rings. The number of imidazole rings is 1. The van der Waals surface area contributed by atoms with Crippen LogP contribution in [-0.2, 0) is 4.79 Å². The van der Waals surface area contributed by atoms with E-state index in [2.05, 4.69) is 20.6 Å². The van der Waals surface area contributed by atoms with E-state index in [0.29, 0.717) is 18.8 Å². The molecule has 1 fully saturated rings. The Hall–Kier alpha value is -3.35. The number of para-hydroxylation sites is 2. The number of H-pyrrole nitrogens is 1. The van der Waals surface area contributed by atoms with Gasteiger partial charge in [-0.05, 0) is 30.7 Å². The van der Waals surface area contributed by atoms with E-state index >= 15 is 0 Å². The smallest absolute Gasteiger partial charge is 0.317 e. The Morgan fingerprint density at radius 2 is 2.08 bits per heavy atom. The van der Waals surface area contributed by atoms with Gasteiger partial charge in [0, 0.05) is 24.3 Å². The lowest BCUT2D eigenvalue weighted by Crippen LogP contribution is -2.49. The number of aromatic nitrogens is 2. The van der Waals surface area contributed by atoms with Crippen LogP contribution in [0, 0.1) is 0 Å². The number of aromatic amines is 1. The Bertz CT molecular complexity index is 932. The van der Waals surface area contributed by atoms with E-state index in [-0.39, 0.29) is 18.5 Å². The predicted octanol–water partition coefficient (Wildman–Crippen LogP) is 2.58. The molecule has 26 heavy (non-hydrogen) atoms. The van der Waals surface area contributed by atoms with Gasteiger partial charge in [-0.2, -0.15) is 0 Å². The molecule has 0 atom stereocenters. The highest BCUT2D eigenvalue weighted by atomic mass is 16.2. The molecule has 1 saturated heterocycles. The van der Waals surface area contributed by atoms with Crippen LogP contribution < -0.4 is 10.6 Å². The third-order valence-corrected chi connectivity index (χ3v) is 4.31. The topological polar surface area (TPSA) is 90.1 Å². The highest BCUT2D eigenvalue weighted by Crippen LogP contribution is 2.23. The first kappa shape index (κ1) is 16.1. The fourth-order valence-corrected chi connectivity index (χ4v) is 3.04. The third kappa shape index (κ3) is 3.37. The van der Waals surface area contributed by atoms with Gasteiger partial charge >= 0.3 is 6.03 Å². The van der Waals surface area contributed by atoms with Crippen molar-refractivity contribution in [3.63, 3.8) is 0 Å². The summed E-state index contributed by atoms with van der Waals surface area (Å²) < 4.78 is 0. The molecule has 3 amide bonds. The summed E-state index contributed by atoms with van der Waals surface area (Å²) >= 11 is 0. The van der Waals surface area contributed by atoms with E-state index in [1.54, 1.807) is 0 Å². The molecule has 0 bridgehead atoms. The van der Waals surface area contributed by atoms with Crippen LogP contribution in [0.5, 0.6) is 0 Å². The minimum absolute atomic E-state index is 0.0424. The predicted molar refractivity (Wildman–Crippen MR) is 99.7 cm³/mol. The Balaban J connectivity index is 1.48. The van der Waals surface area contributed by atoms with Gasteiger partial charge in [0.25, 0.3) is 0 Å². The summed E-state index contributed by atoms with van der Waals surface area (Å²) in [6.45, 7) is 1.30. The first-order chi connectivity index (χ1) is 12.7. The van der Waals surface area contributed by atoms with Gasteiger partial charge in [-0.1, -0.05) is 24.3 Å². The molecule has 1 aromatic heterocycles. The summed E-state index contributed by atoms with van der Waals surface area (Å²) in [6.07, 6.45) is 0.848. The van der Waals surface area contributed by atoms with Crippen molar-refractivity contribution in [3.05, 3.63) is 48.5 Å². The molecule has 4 rings (SSSR count). The van der Waals surface area contributed by atoms with Crippen molar-refractivity contribution in [1.82, 2.24) is 20.2 Å². The fraction of sp³-hybridized carbons (Fsp3) is 0.211. The van der Waals surface area contributed by atoms with E-state index in [9.17, 15) is 9.59 Å². The first-order valence-electron chi connectivity index (χ1n) is 8.57. The van der Waals surface area contributed by atoms with Crippen molar-refractivity contribution >= 4 is 28.7 Å². The molecule has 0 radical (unpaired) electrons. The van der Waals surface area contributed by atoms with Crippen LogP contribution in [0.15, 0.2) is 48.5 Å². The molecular weight excluding hydrogens is 330 g/mol. The molecule has 0 unspecified atom stereocenters. The van der Waals surface area contributed by atoms with Gasteiger partial charge in [0.1, 0.15) is 12.4 Å². The number of amides is 3. The van der Waals surface area contributed by atoms with E-state index in [1.807, 2.05) is 48.5 Å². The molecule has 0 aliphatic carbocycles. The number of urea groups is 1. The fourth-order valence-electron chi connectivity index (χ4n) is 3.04. The van der Waals surface area contributed by atoms with Crippen LogP contribution in [-0.4, -0.2) is 46.4 Å². The number of nitrogens with zero attached hydrogens (tertiary/aromatic N) is 2. The Labute approximate surface area is 150 Å². The highest BCUT2D eigenvalue weighted by molar-refractivity contribution is 5.95. The first-order valence-corrected chi connectivity index (χ1v) is 8.57. The third-order valence-electron chi connectivity index (χ3n) is 4.31. The van der Waals surface area contributed by atoms with Gasteiger partial charge in [-0.25, -0.2) is 9.78 Å². The second-order valence-electron chi connectivity index (χ2n) is 6.24. The summed E-state index contributed by atoms with van der Waals surface area (Å²) in [5, 5.41) is 5.59. The number of fused-ring (bicyclic) bond motifs is 1. The lowest BCUT2D eigenvalue weighted by Gasteiger charge is -2.26. The number of carbonyl (C=O) groups is 2. The number of hydrogen-bond acceptors (Lipinski definition) is 3. The second kappa shape index (κ2) is 6.87. The zero-order chi connectivity index (χ0) is 17.9. The van der Waals surface area contributed by atoms with Crippen LogP contribution >= 0.6 is 0 Å². The maximum absolute atomic E-state index is 12.3. The minimum atomic E-state index is -0.219. The Morgan fingerprint density at radius 1 is 1.19 bits per heavy atom. The standard InChI is InChI=1S/C19H19N5O2/c25-17(12-24-10-4-9-20-19(24)26)21-14-6-3-5-13(11-14)18-22-15-7-1-2-8-16(15)23-18/h1-3,5-8,11H,4,9-10,12H2,(H,20,26)(H,21,25)(H,22,23). The maximum atomic E-state index is 12.3. The summed E-state index contributed by atoms with van der Waals surface area (Å²) in [5.74, 6) is 0.529. The van der Waals surface area contributed by atoms with Gasteiger partial charge in [-0.15, -0.1) is 0 Å². The molecule has 2 aromatic carbocycles. The zero-order valence-electron chi connectivity index (χ0n) is 14.2. The molecule has 1 aliphatic heterocycles. The van der Waals surface area contributed by atoms with Crippen molar-refractivity contribution in [1.29, 1.82) is 0 Å². The number of rotatable bonds is 4. The van der Waals surface area contributed by atoms with Crippen molar-refractivity contribution < 1.29 is 9.59 Å². The lowest BCUT2D eigenvalue weighted by atomic mass is 10.2. The van der Waals surface area contributed by atoms with Gasteiger partial charge in [0.2, 0.25) is 5.91 Å². The summed E-state index contributed by atoms with van der Waals surface area (Å²) in [7, 11) is 0. The van der Waals surface area contributed by atoms with E-state index < -0.39 is 0 Å². The van der Waals surface area contributed by atoms with Gasteiger partial charge in [0.05, 0.1) is 11.0 Å². The molecule has 3 aromatic rings. The number of hydrogen-bond donors (Lipinski definition) is 3. The molecule has 0 spiro atoms. The average Bonchev–Trinajstić information content (AvgIpc) is 3.08. The van der Waals surface area contributed by atoms with E-state index in [0.717, 1.165) is 28.8 Å². The molecule has 7 heteroatoms.